The summed E-state index contributed by atoms with van der Waals surface area (Å²) in [6.07, 6.45) is -1.21. The molecule has 1 fully saturated rings. The van der Waals surface area contributed by atoms with E-state index in [1.165, 1.54) is 0 Å². The third kappa shape index (κ3) is 4.55. The predicted molar refractivity (Wildman–Crippen MR) is 103 cm³/mol. The Labute approximate surface area is 168 Å². The van der Waals surface area contributed by atoms with Crippen LogP contribution in [0.1, 0.15) is 17.5 Å². The van der Waals surface area contributed by atoms with Crippen molar-refractivity contribution in [3.05, 3.63) is 65.7 Å². The van der Waals surface area contributed by atoms with Crippen LogP contribution >= 0.6 is 0 Å². The number of methoxy groups -OCH3 is 1. The second-order valence-electron chi connectivity index (χ2n) is 6.74. The van der Waals surface area contributed by atoms with E-state index in [9.17, 15) is 19.5 Å². The van der Waals surface area contributed by atoms with Gasteiger partial charge in [0.25, 0.3) is 5.91 Å². The maximum atomic E-state index is 12.9. The molecule has 8 heteroatoms. The predicted octanol–water partition coefficient (Wildman–Crippen LogP) is 1.61. The molecule has 0 spiro atoms. The van der Waals surface area contributed by atoms with Gasteiger partial charge in [0.15, 0.2) is 5.54 Å². The Hall–Kier alpha value is -3.39. The summed E-state index contributed by atoms with van der Waals surface area (Å²) in [6, 6.07) is 15.9. The summed E-state index contributed by atoms with van der Waals surface area (Å²) in [5, 5.41) is 12.2. The van der Waals surface area contributed by atoms with Gasteiger partial charge in [0.1, 0.15) is 12.4 Å². The molecular weight excluding hydrogens is 376 g/mol. The molecule has 8 nitrogen and oxygen atoms in total. The largest absolute Gasteiger partial charge is 0.497 e. The maximum absolute atomic E-state index is 12.9. The van der Waals surface area contributed by atoms with Crippen LogP contribution in [0.3, 0.4) is 0 Å². The zero-order valence-electron chi connectivity index (χ0n) is 16.0. The molecule has 3 amide bonds. The van der Waals surface area contributed by atoms with E-state index in [0.29, 0.717) is 11.3 Å². The van der Waals surface area contributed by atoms with Crippen LogP contribution in [0.5, 0.6) is 5.75 Å². The second-order valence-corrected chi connectivity index (χ2v) is 6.74. The number of rotatable bonds is 7. The van der Waals surface area contributed by atoms with Gasteiger partial charge < -0.3 is 19.9 Å². The highest BCUT2D eigenvalue weighted by atomic mass is 16.5. The minimum absolute atomic E-state index is 0.00583. The van der Waals surface area contributed by atoms with E-state index in [0.717, 1.165) is 10.5 Å². The van der Waals surface area contributed by atoms with Gasteiger partial charge in [0, 0.05) is 0 Å². The molecule has 29 heavy (non-hydrogen) atoms. The summed E-state index contributed by atoms with van der Waals surface area (Å²) >= 11 is 0. The molecule has 1 heterocycles. The zero-order chi connectivity index (χ0) is 20.9. The number of imide groups is 1. The smallest absolute Gasteiger partial charge is 0.408 e. The molecule has 0 aliphatic carbocycles. The quantitative estimate of drug-likeness (QED) is 0.687. The Morgan fingerprint density at radius 3 is 2.41 bits per heavy atom. The lowest BCUT2D eigenvalue weighted by molar-refractivity contribution is -0.141. The van der Waals surface area contributed by atoms with Crippen molar-refractivity contribution in [3.63, 3.8) is 0 Å². The van der Waals surface area contributed by atoms with Crippen molar-refractivity contribution in [2.24, 2.45) is 0 Å². The number of alkyl carbamates (subject to hydrolysis) is 1. The number of carbonyl (C=O) groups excluding carboxylic acids is 3. The molecule has 0 radical (unpaired) electrons. The van der Waals surface area contributed by atoms with Crippen LogP contribution in [-0.4, -0.2) is 47.2 Å². The van der Waals surface area contributed by atoms with Crippen LogP contribution in [0.2, 0.25) is 0 Å². The molecular formula is C21H22N2O6. The van der Waals surface area contributed by atoms with Crippen molar-refractivity contribution < 1.29 is 29.0 Å². The average molecular weight is 398 g/mol. The molecule has 0 aromatic heterocycles. The van der Waals surface area contributed by atoms with E-state index in [2.05, 4.69) is 5.32 Å². The lowest BCUT2D eigenvalue weighted by atomic mass is 9.99. The molecule has 1 aliphatic rings. The Kier molecular flexibility index (Phi) is 6.13. The first-order chi connectivity index (χ1) is 14.0. The SMILES string of the molecule is COc1ccc(CN2C(=O)C[C@@](CO)(NC(=O)OCc3ccccc3)C2=O)cc1. The third-order valence-electron chi connectivity index (χ3n) is 4.73. The highest BCUT2D eigenvalue weighted by Crippen LogP contribution is 2.26. The highest BCUT2D eigenvalue weighted by Gasteiger charge is 2.52. The van der Waals surface area contributed by atoms with Crippen LogP contribution in [0.4, 0.5) is 4.79 Å². The number of likely N-dealkylation sites (tertiary alicyclic amines) is 1. The minimum Gasteiger partial charge on any atom is -0.497 e. The molecule has 0 saturated carbocycles. The number of ether oxygens (including phenoxy) is 2. The molecule has 0 unspecified atom stereocenters. The Bertz CT molecular complexity index is 884. The minimum atomic E-state index is -1.72. The van der Waals surface area contributed by atoms with E-state index in [1.54, 1.807) is 43.5 Å². The molecule has 2 aromatic carbocycles. The normalized spacial score (nSPS) is 18.6. The molecule has 1 aliphatic heterocycles. The van der Waals surface area contributed by atoms with Gasteiger partial charge in [0.05, 0.1) is 26.7 Å². The van der Waals surface area contributed by atoms with Gasteiger partial charge in [-0.25, -0.2) is 4.79 Å². The molecule has 1 saturated heterocycles. The Balaban J connectivity index is 1.65. The van der Waals surface area contributed by atoms with Gasteiger partial charge in [-0.15, -0.1) is 0 Å². The van der Waals surface area contributed by atoms with E-state index >= 15 is 0 Å². The fraction of sp³-hybridized carbons (Fsp3) is 0.286. The summed E-state index contributed by atoms with van der Waals surface area (Å²) in [5.41, 5.74) is -0.235. The molecule has 3 rings (SSSR count). The van der Waals surface area contributed by atoms with Gasteiger partial charge in [-0.1, -0.05) is 42.5 Å². The highest BCUT2D eigenvalue weighted by molar-refractivity contribution is 6.09. The lowest BCUT2D eigenvalue weighted by Crippen LogP contribution is -2.56. The van der Waals surface area contributed by atoms with Gasteiger partial charge in [-0.3, -0.25) is 14.5 Å². The van der Waals surface area contributed by atoms with E-state index in [4.69, 9.17) is 9.47 Å². The first-order valence-corrected chi connectivity index (χ1v) is 9.05. The summed E-state index contributed by atoms with van der Waals surface area (Å²) in [6.45, 7) is -0.673. The van der Waals surface area contributed by atoms with Crippen LogP contribution in [-0.2, 0) is 27.5 Å². The fourth-order valence-electron chi connectivity index (χ4n) is 3.09. The third-order valence-corrected chi connectivity index (χ3v) is 4.73. The number of nitrogens with zero attached hydrogens (tertiary/aromatic N) is 1. The fourth-order valence-corrected chi connectivity index (χ4v) is 3.09. The van der Waals surface area contributed by atoms with E-state index in [1.807, 2.05) is 18.2 Å². The van der Waals surface area contributed by atoms with Crippen LogP contribution < -0.4 is 10.1 Å². The van der Waals surface area contributed by atoms with Gasteiger partial charge in [0.2, 0.25) is 5.91 Å². The standard InChI is InChI=1S/C21H22N2O6/c1-28-17-9-7-15(8-10-17)12-23-18(25)11-21(14-24,19(23)26)22-20(27)29-13-16-5-3-2-4-6-16/h2-10,24H,11-14H2,1H3,(H,22,27)/t21-/m0/s1. The number of benzene rings is 2. The number of nitrogens with one attached hydrogen (secondary N) is 1. The average Bonchev–Trinajstić information content (AvgIpc) is 2.98. The van der Waals surface area contributed by atoms with Crippen molar-refractivity contribution >= 4 is 17.9 Å². The summed E-state index contributed by atoms with van der Waals surface area (Å²) in [4.78, 5) is 38.5. The Morgan fingerprint density at radius 1 is 1.10 bits per heavy atom. The number of carbonyl (C=O) groups is 3. The molecule has 2 N–H and O–H groups in total. The van der Waals surface area contributed by atoms with Crippen LogP contribution in [0.25, 0.3) is 0 Å². The second kappa shape index (κ2) is 8.74. The topological polar surface area (TPSA) is 105 Å². The number of amides is 3. The van der Waals surface area contributed by atoms with Crippen molar-refractivity contribution in [2.75, 3.05) is 13.7 Å². The van der Waals surface area contributed by atoms with Crippen LogP contribution in [0, 0.1) is 0 Å². The van der Waals surface area contributed by atoms with Gasteiger partial charge in [-0.2, -0.15) is 0 Å². The summed E-state index contributed by atoms with van der Waals surface area (Å²) < 4.78 is 10.2. The Morgan fingerprint density at radius 2 is 1.79 bits per heavy atom. The maximum Gasteiger partial charge on any atom is 0.408 e. The van der Waals surface area contributed by atoms with Gasteiger partial charge in [-0.05, 0) is 23.3 Å². The number of aliphatic hydroxyl groups excluding tert-OH is 1. The van der Waals surface area contributed by atoms with E-state index in [-0.39, 0.29) is 19.6 Å². The van der Waals surface area contributed by atoms with Crippen molar-refractivity contribution in [2.45, 2.75) is 25.1 Å². The molecule has 1 atom stereocenters. The molecule has 2 aromatic rings. The van der Waals surface area contributed by atoms with Crippen molar-refractivity contribution in [3.8, 4) is 5.75 Å². The van der Waals surface area contributed by atoms with E-state index < -0.39 is 30.1 Å². The van der Waals surface area contributed by atoms with Crippen LogP contribution in [0.15, 0.2) is 54.6 Å². The summed E-state index contributed by atoms with van der Waals surface area (Å²) in [7, 11) is 1.54. The van der Waals surface area contributed by atoms with Crippen molar-refractivity contribution in [1.29, 1.82) is 0 Å². The lowest BCUT2D eigenvalue weighted by Gasteiger charge is -2.25. The molecule has 0 bridgehead atoms. The monoisotopic (exact) mass is 398 g/mol. The van der Waals surface area contributed by atoms with Crippen molar-refractivity contribution in [1.82, 2.24) is 10.2 Å². The summed E-state index contributed by atoms with van der Waals surface area (Å²) in [5.74, 6) is -0.499. The molecule has 152 valence electrons. The van der Waals surface area contributed by atoms with Gasteiger partial charge >= 0.3 is 6.09 Å². The number of hydrogen-bond donors (Lipinski definition) is 2. The first kappa shape index (κ1) is 20.3. The zero-order valence-corrected chi connectivity index (χ0v) is 16.0. The number of aliphatic hydroxyl groups is 1. The number of hydrogen-bond acceptors (Lipinski definition) is 6. The first-order valence-electron chi connectivity index (χ1n) is 9.05.